The van der Waals surface area contributed by atoms with Crippen molar-refractivity contribution in [2.45, 2.75) is 6.42 Å². The molecule has 2 fully saturated rings. The molecule has 0 atom stereocenters. The van der Waals surface area contributed by atoms with Crippen LogP contribution in [0.2, 0.25) is 0 Å². The zero-order chi connectivity index (χ0) is 18.5. The van der Waals surface area contributed by atoms with Gasteiger partial charge in [-0.2, -0.15) is 0 Å². The molecule has 0 aromatic heterocycles. The van der Waals surface area contributed by atoms with Crippen LogP contribution in [0.4, 0.5) is 0 Å². The molecule has 6 nitrogen and oxygen atoms in total. The maximum atomic E-state index is 12.6. The maximum absolute atomic E-state index is 12.6. The van der Waals surface area contributed by atoms with Crippen molar-refractivity contribution < 1.29 is 14.3 Å². The summed E-state index contributed by atoms with van der Waals surface area (Å²) in [6.07, 6.45) is 2.02. The van der Waals surface area contributed by atoms with Crippen molar-refractivity contribution in [3.05, 3.63) is 39.2 Å². The Morgan fingerprint density at radius 3 is 2.88 bits per heavy atom. The lowest BCUT2D eigenvalue weighted by molar-refractivity contribution is -0.128. The van der Waals surface area contributed by atoms with Gasteiger partial charge in [0.2, 0.25) is 5.91 Å². The summed E-state index contributed by atoms with van der Waals surface area (Å²) >= 11 is 9.99. The number of nitrogens with one attached hydrogen (secondary N) is 1. The summed E-state index contributed by atoms with van der Waals surface area (Å²) in [6.45, 7) is 2.83. The first-order valence-corrected chi connectivity index (χ1v) is 10.2. The van der Waals surface area contributed by atoms with E-state index in [9.17, 15) is 9.59 Å². The third kappa shape index (κ3) is 5.14. The van der Waals surface area contributed by atoms with Crippen LogP contribution in [0.3, 0.4) is 0 Å². The fraction of sp³-hybridized carbons (Fsp3) is 0.353. The molecule has 2 aliphatic rings. The number of thiocarbonyl (C=S) groups is 1. The van der Waals surface area contributed by atoms with Gasteiger partial charge in [-0.05, 0) is 23.8 Å². The molecular formula is C17H18BrN3O3S2. The number of hydrogen-bond acceptors (Lipinski definition) is 6. The largest absolute Gasteiger partial charge is 0.379 e. The van der Waals surface area contributed by atoms with Crippen molar-refractivity contribution in [3.63, 3.8) is 0 Å². The second-order valence-corrected chi connectivity index (χ2v) is 8.36. The quantitative estimate of drug-likeness (QED) is 0.543. The van der Waals surface area contributed by atoms with E-state index in [0.717, 1.165) is 10.0 Å². The van der Waals surface area contributed by atoms with Gasteiger partial charge in [0.05, 0.1) is 18.1 Å². The number of carbonyl (C=O) groups excluding carboxylic acids is 2. The second kappa shape index (κ2) is 9.09. The first-order chi connectivity index (χ1) is 12.5. The van der Waals surface area contributed by atoms with Crippen molar-refractivity contribution in [2.75, 3.05) is 32.8 Å². The van der Waals surface area contributed by atoms with Gasteiger partial charge in [-0.25, -0.2) is 5.01 Å². The minimum absolute atomic E-state index is 0.128. The van der Waals surface area contributed by atoms with Crippen LogP contribution < -0.4 is 5.43 Å². The molecule has 9 heteroatoms. The van der Waals surface area contributed by atoms with E-state index >= 15 is 0 Å². The Kier molecular flexibility index (Phi) is 6.82. The SMILES string of the molecule is O=C(CCN1C(=O)C(=Cc2cccc(Br)c2)SC1=S)NN1CCOCC1. The van der Waals surface area contributed by atoms with Crippen molar-refractivity contribution >= 4 is 62.1 Å². The Labute approximate surface area is 170 Å². The van der Waals surface area contributed by atoms with E-state index in [1.54, 1.807) is 0 Å². The van der Waals surface area contributed by atoms with Gasteiger partial charge in [-0.1, -0.05) is 52.0 Å². The summed E-state index contributed by atoms with van der Waals surface area (Å²) < 4.78 is 6.67. The second-order valence-electron chi connectivity index (χ2n) is 5.77. The van der Waals surface area contributed by atoms with Crippen molar-refractivity contribution in [2.24, 2.45) is 0 Å². The first kappa shape index (κ1) is 19.5. The average molecular weight is 456 g/mol. The Balaban J connectivity index is 1.56. The van der Waals surface area contributed by atoms with Crippen LogP contribution in [0, 0.1) is 0 Å². The highest BCUT2D eigenvalue weighted by Gasteiger charge is 2.32. The average Bonchev–Trinajstić information content (AvgIpc) is 2.87. The number of hydrazine groups is 1. The lowest BCUT2D eigenvalue weighted by Gasteiger charge is -2.27. The first-order valence-electron chi connectivity index (χ1n) is 8.16. The van der Waals surface area contributed by atoms with Crippen LogP contribution >= 0.6 is 39.9 Å². The highest BCUT2D eigenvalue weighted by atomic mass is 79.9. The van der Waals surface area contributed by atoms with Gasteiger partial charge in [0.25, 0.3) is 5.91 Å². The summed E-state index contributed by atoms with van der Waals surface area (Å²) in [7, 11) is 0. The van der Waals surface area contributed by atoms with E-state index in [1.807, 2.05) is 35.4 Å². The Morgan fingerprint density at radius 2 is 2.15 bits per heavy atom. The van der Waals surface area contributed by atoms with Gasteiger partial charge < -0.3 is 4.74 Å². The number of nitrogens with zero attached hydrogens (tertiary/aromatic N) is 2. The predicted molar refractivity (Wildman–Crippen MR) is 109 cm³/mol. The molecular weight excluding hydrogens is 438 g/mol. The number of hydrogen-bond donors (Lipinski definition) is 1. The van der Waals surface area contributed by atoms with Crippen LogP contribution in [-0.2, 0) is 14.3 Å². The van der Waals surface area contributed by atoms with Gasteiger partial charge in [-0.15, -0.1) is 0 Å². The van der Waals surface area contributed by atoms with Crippen LogP contribution in [0.1, 0.15) is 12.0 Å². The Morgan fingerprint density at radius 1 is 1.38 bits per heavy atom. The van der Waals surface area contributed by atoms with Crippen LogP contribution in [0.5, 0.6) is 0 Å². The van der Waals surface area contributed by atoms with E-state index in [1.165, 1.54) is 16.7 Å². The number of rotatable bonds is 5. The van der Waals surface area contributed by atoms with E-state index in [2.05, 4.69) is 21.4 Å². The molecule has 1 N–H and O–H groups in total. The van der Waals surface area contributed by atoms with E-state index in [-0.39, 0.29) is 24.8 Å². The monoisotopic (exact) mass is 455 g/mol. The number of amides is 2. The third-order valence-electron chi connectivity index (χ3n) is 3.88. The summed E-state index contributed by atoms with van der Waals surface area (Å²) in [5.74, 6) is -0.281. The number of carbonyl (C=O) groups is 2. The molecule has 0 bridgehead atoms. The number of morpholine rings is 1. The summed E-state index contributed by atoms with van der Waals surface area (Å²) in [5.41, 5.74) is 3.76. The topological polar surface area (TPSA) is 61.9 Å². The minimum Gasteiger partial charge on any atom is -0.379 e. The fourth-order valence-electron chi connectivity index (χ4n) is 2.56. The van der Waals surface area contributed by atoms with Gasteiger partial charge >= 0.3 is 0 Å². The van der Waals surface area contributed by atoms with E-state index in [4.69, 9.17) is 17.0 Å². The molecule has 138 valence electrons. The number of ether oxygens (including phenoxy) is 1. The predicted octanol–water partition coefficient (Wildman–Crippen LogP) is 2.40. The third-order valence-corrected chi connectivity index (χ3v) is 5.75. The summed E-state index contributed by atoms with van der Waals surface area (Å²) in [4.78, 5) is 26.7. The standard InChI is InChI=1S/C17H18BrN3O3S2/c18-13-3-1-2-12(10-13)11-14-16(23)21(17(25)26-14)5-4-15(22)19-20-6-8-24-9-7-20/h1-3,10-11H,4-9H2,(H,19,22). The highest BCUT2D eigenvalue weighted by molar-refractivity contribution is 9.10. The maximum Gasteiger partial charge on any atom is 0.266 e. The normalized spacial score (nSPS) is 20.0. The van der Waals surface area contributed by atoms with E-state index < -0.39 is 0 Å². The molecule has 1 aromatic carbocycles. The van der Waals surface area contributed by atoms with Crippen LogP contribution in [-0.4, -0.2) is 58.9 Å². The molecule has 0 aliphatic carbocycles. The molecule has 26 heavy (non-hydrogen) atoms. The van der Waals surface area contributed by atoms with Gasteiger partial charge in [0, 0.05) is 30.5 Å². The van der Waals surface area contributed by atoms with Gasteiger partial charge in [0.15, 0.2) is 0 Å². The molecule has 0 spiro atoms. The Bertz CT molecular complexity index is 751. The summed E-state index contributed by atoms with van der Waals surface area (Å²) in [6, 6.07) is 7.69. The zero-order valence-corrected chi connectivity index (χ0v) is 17.2. The number of benzene rings is 1. The number of thioether (sulfide) groups is 1. The van der Waals surface area contributed by atoms with Crippen molar-refractivity contribution in [1.29, 1.82) is 0 Å². The Hall–Kier alpha value is -1.26. The van der Waals surface area contributed by atoms with Crippen molar-refractivity contribution in [1.82, 2.24) is 15.3 Å². The molecule has 1 aromatic rings. The van der Waals surface area contributed by atoms with E-state index in [0.29, 0.717) is 35.5 Å². The lowest BCUT2D eigenvalue weighted by Crippen LogP contribution is -2.49. The number of halogens is 1. The smallest absolute Gasteiger partial charge is 0.266 e. The molecule has 3 rings (SSSR count). The van der Waals surface area contributed by atoms with Crippen LogP contribution in [0.15, 0.2) is 33.6 Å². The molecule has 2 aliphatic heterocycles. The highest BCUT2D eigenvalue weighted by Crippen LogP contribution is 2.32. The van der Waals surface area contributed by atoms with Crippen molar-refractivity contribution in [3.8, 4) is 0 Å². The van der Waals surface area contributed by atoms with Gasteiger partial charge in [0.1, 0.15) is 4.32 Å². The molecule has 2 amide bonds. The molecule has 0 radical (unpaired) electrons. The molecule has 0 saturated carbocycles. The minimum atomic E-state index is -0.154. The molecule has 2 saturated heterocycles. The molecule has 2 heterocycles. The fourth-order valence-corrected chi connectivity index (χ4v) is 4.29. The zero-order valence-electron chi connectivity index (χ0n) is 13.9. The summed E-state index contributed by atoms with van der Waals surface area (Å²) in [5, 5.41) is 1.84. The van der Waals surface area contributed by atoms with Gasteiger partial charge in [-0.3, -0.25) is 19.9 Å². The van der Waals surface area contributed by atoms with Crippen LogP contribution in [0.25, 0.3) is 6.08 Å². The lowest BCUT2D eigenvalue weighted by atomic mass is 10.2. The molecule has 0 unspecified atom stereocenters.